The van der Waals surface area contributed by atoms with Gasteiger partial charge in [0.2, 0.25) is 0 Å². The summed E-state index contributed by atoms with van der Waals surface area (Å²) in [7, 11) is -3.90. The molecule has 1 N–H and O–H groups in total. The van der Waals surface area contributed by atoms with Gasteiger partial charge in [-0.3, -0.25) is 14.8 Å². The zero-order chi connectivity index (χ0) is 19.7. The average molecular weight is 398 g/mol. The summed E-state index contributed by atoms with van der Waals surface area (Å²) >= 11 is 0. The summed E-state index contributed by atoms with van der Waals surface area (Å²) in [5.41, 5.74) is 1.66. The summed E-state index contributed by atoms with van der Waals surface area (Å²) in [4.78, 5) is 14.8. The maximum Gasteiger partial charge on any atom is 0.269 e. The van der Waals surface area contributed by atoms with E-state index in [0.717, 1.165) is 37.3 Å². The molecule has 0 spiro atoms. The van der Waals surface area contributed by atoms with Gasteiger partial charge in [0.25, 0.3) is 15.7 Å². The van der Waals surface area contributed by atoms with Gasteiger partial charge in [0.05, 0.1) is 21.2 Å². The van der Waals surface area contributed by atoms with Crippen molar-refractivity contribution in [2.45, 2.75) is 30.7 Å². The molecule has 2 heterocycles. The number of hydrogen-bond acceptors (Lipinski definition) is 5. The van der Waals surface area contributed by atoms with Crippen LogP contribution in [0.15, 0.2) is 59.6 Å². The third kappa shape index (κ3) is 3.48. The summed E-state index contributed by atoms with van der Waals surface area (Å²) in [5, 5.41) is 10.8. The molecule has 28 heavy (non-hydrogen) atoms. The number of hydrogen-bond donors (Lipinski definition) is 1. The molecule has 1 aromatic heterocycles. The number of nitrogens with one attached hydrogen (secondary N) is 1. The second kappa shape index (κ2) is 7.08. The molecule has 1 aliphatic rings. The van der Waals surface area contributed by atoms with E-state index in [9.17, 15) is 18.5 Å². The van der Waals surface area contributed by atoms with Crippen molar-refractivity contribution in [2.24, 2.45) is 0 Å². The Morgan fingerprint density at radius 1 is 1.07 bits per heavy atom. The molecule has 0 radical (unpaired) electrons. The number of nitro benzene ring substituents is 1. The van der Waals surface area contributed by atoms with E-state index in [4.69, 9.17) is 0 Å². The Bertz CT molecular complexity index is 1110. The number of aromatic nitrogens is 2. The molecular formula is C19H18N4O4S. The van der Waals surface area contributed by atoms with E-state index in [1.54, 1.807) is 12.1 Å². The molecule has 0 atom stereocenters. The van der Waals surface area contributed by atoms with E-state index < -0.39 is 14.9 Å². The number of aryl methyl sites for hydroxylation is 2. The van der Waals surface area contributed by atoms with Crippen LogP contribution in [0.4, 0.5) is 11.4 Å². The highest BCUT2D eigenvalue weighted by Crippen LogP contribution is 2.30. The Kier molecular flexibility index (Phi) is 4.60. The highest BCUT2D eigenvalue weighted by atomic mass is 32.2. The summed E-state index contributed by atoms with van der Waals surface area (Å²) in [5.74, 6) is 1.01. The lowest BCUT2D eigenvalue weighted by molar-refractivity contribution is -0.384. The van der Waals surface area contributed by atoms with Crippen molar-refractivity contribution in [3.05, 3.63) is 70.7 Å². The van der Waals surface area contributed by atoms with Gasteiger partial charge in [-0.1, -0.05) is 18.2 Å². The first-order valence-corrected chi connectivity index (χ1v) is 10.3. The minimum absolute atomic E-state index is 0.0444. The number of imidazole rings is 1. The second-order valence-corrected chi connectivity index (χ2v) is 8.28. The van der Waals surface area contributed by atoms with Gasteiger partial charge in [0.15, 0.2) is 0 Å². The Morgan fingerprint density at radius 2 is 1.82 bits per heavy atom. The largest absolute Gasteiger partial charge is 0.334 e. The minimum Gasteiger partial charge on any atom is -0.334 e. The van der Waals surface area contributed by atoms with Crippen molar-refractivity contribution in [1.82, 2.24) is 9.55 Å². The molecule has 2 aromatic carbocycles. The summed E-state index contributed by atoms with van der Waals surface area (Å²) in [6, 6.07) is 11.9. The van der Waals surface area contributed by atoms with Gasteiger partial charge in [0.1, 0.15) is 5.82 Å². The van der Waals surface area contributed by atoms with E-state index in [1.807, 2.05) is 18.3 Å². The fourth-order valence-corrected chi connectivity index (χ4v) is 4.37. The van der Waals surface area contributed by atoms with Crippen molar-refractivity contribution in [3.8, 4) is 11.3 Å². The topological polar surface area (TPSA) is 107 Å². The lowest BCUT2D eigenvalue weighted by Crippen LogP contribution is -2.13. The highest BCUT2D eigenvalue weighted by molar-refractivity contribution is 7.92. The van der Waals surface area contributed by atoms with E-state index >= 15 is 0 Å². The molecule has 0 aliphatic carbocycles. The standard InChI is InChI=1S/C19H18N4O4S/c24-23(25)14-8-10-15(11-9-14)28(26,27)21-17-6-2-1-5-16(17)18-13-22-12-4-3-7-19(22)20-18/h1-2,5-6,8-11,13,21H,3-4,7,12H2. The molecule has 0 saturated heterocycles. The molecule has 9 heteroatoms. The molecule has 4 rings (SSSR count). The fraction of sp³-hybridized carbons (Fsp3) is 0.211. The van der Waals surface area contributed by atoms with Crippen LogP contribution < -0.4 is 4.72 Å². The Hall–Kier alpha value is -3.20. The van der Waals surface area contributed by atoms with Crippen LogP contribution in [0.5, 0.6) is 0 Å². The van der Waals surface area contributed by atoms with Gasteiger partial charge >= 0.3 is 0 Å². The zero-order valence-corrected chi connectivity index (χ0v) is 15.7. The number of rotatable bonds is 5. The number of sulfonamides is 1. The van der Waals surface area contributed by atoms with Crippen LogP contribution in [0.25, 0.3) is 11.3 Å². The van der Waals surface area contributed by atoms with Gasteiger partial charge in [-0.25, -0.2) is 13.4 Å². The predicted octanol–water partition coefficient (Wildman–Crippen LogP) is 3.60. The molecule has 0 amide bonds. The number of nitrogens with zero attached hydrogens (tertiary/aromatic N) is 3. The van der Waals surface area contributed by atoms with Gasteiger partial charge in [-0.2, -0.15) is 0 Å². The lowest BCUT2D eigenvalue weighted by atomic mass is 10.1. The maximum absolute atomic E-state index is 12.8. The van der Waals surface area contributed by atoms with Crippen molar-refractivity contribution >= 4 is 21.4 Å². The first-order chi connectivity index (χ1) is 13.4. The van der Waals surface area contributed by atoms with Gasteiger partial charge in [0, 0.05) is 36.9 Å². The predicted molar refractivity (Wildman–Crippen MR) is 105 cm³/mol. The summed E-state index contributed by atoms with van der Waals surface area (Å²) in [6.45, 7) is 0.916. The van der Waals surface area contributed by atoms with Crippen molar-refractivity contribution < 1.29 is 13.3 Å². The smallest absolute Gasteiger partial charge is 0.269 e. The highest BCUT2D eigenvalue weighted by Gasteiger charge is 2.20. The monoisotopic (exact) mass is 398 g/mol. The molecular weight excluding hydrogens is 380 g/mol. The number of anilines is 1. The first kappa shape index (κ1) is 18.2. The summed E-state index contributed by atoms with van der Waals surface area (Å²) < 4.78 is 30.2. The van der Waals surface area contributed by atoms with Crippen molar-refractivity contribution in [2.75, 3.05) is 4.72 Å². The Morgan fingerprint density at radius 3 is 2.54 bits per heavy atom. The van der Waals surface area contributed by atoms with E-state index in [1.165, 1.54) is 24.3 Å². The van der Waals surface area contributed by atoms with E-state index in [0.29, 0.717) is 11.3 Å². The number of fused-ring (bicyclic) bond motifs is 1. The van der Waals surface area contributed by atoms with Crippen LogP contribution in [0, 0.1) is 10.1 Å². The second-order valence-electron chi connectivity index (χ2n) is 6.59. The minimum atomic E-state index is -3.90. The third-order valence-corrected chi connectivity index (χ3v) is 6.10. The van der Waals surface area contributed by atoms with Crippen LogP contribution in [0.2, 0.25) is 0 Å². The Labute approximate surface area is 162 Å². The van der Waals surface area contributed by atoms with Crippen LogP contribution in [-0.2, 0) is 23.0 Å². The van der Waals surface area contributed by atoms with Crippen molar-refractivity contribution in [1.29, 1.82) is 0 Å². The molecule has 0 saturated carbocycles. The quantitative estimate of drug-likeness (QED) is 0.522. The number of non-ortho nitro benzene ring substituents is 1. The first-order valence-electron chi connectivity index (χ1n) is 8.87. The molecule has 1 aliphatic heterocycles. The lowest BCUT2D eigenvalue weighted by Gasteiger charge is -2.12. The van der Waals surface area contributed by atoms with E-state index in [-0.39, 0.29) is 10.6 Å². The van der Waals surface area contributed by atoms with Gasteiger partial charge < -0.3 is 4.57 Å². The number of para-hydroxylation sites is 1. The fourth-order valence-electron chi connectivity index (χ4n) is 3.29. The zero-order valence-electron chi connectivity index (χ0n) is 14.9. The van der Waals surface area contributed by atoms with Crippen LogP contribution in [-0.4, -0.2) is 22.9 Å². The molecule has 144 valence electrons. The maximum atomic E-state index is 12.8. The van der Waals surface area contributed by atoms with Gasteiger partial charge in [-0.15, -0.1) is 0 Å². The normalized spacial score (nSPS) is 13.7. The van der Waals surface area contributed by atoms with Crippen LogP contribution in [0.3, 0.4) is 0 Å². The molecule has 0 bridgehead atoms. The van der Waals surface area contributed by atoms with E-state index in [2.05, 4.69) is 14.3 Å². The Balaban J connectivity index is 1.67. The van der Waals surface area contributed by atoms with Crippen molar-refractivity contribution in [3.63, 3.8) is 0 Å². The summed E-state index contributed by atoms with van der Waals surface area (Å²) in [6.07, 6.45) is 5.08. The third-order valence-electron chi connectivity index (χ3n) is 4.71. The average Bonchev–Trinajstić information content (AvgIpc) is 3.12. The SMILES string of the molecule is O=[N+]([O-])c1ccc(S(=O)(=O)Nc2ccccc2-c2cn3c(n2)CCCC3)cc1. The number of benzene rings is 2. The van der Waals surface area contributed by atoms with Crippen LogP contribution in [0.1, 0.15) is 18.7 Å². The van der Waals surface area contributed by atoms with Crippen LogP contribution >= 0.6 is 0 Å². The molecule has 8 nitrogen and oxygen atoms in total. The molecule has 0 fully saturated rings. The molecule has 0 unspecified atom stereocenters. The van der Waals surface area contributed by atoms with Gasteiger partial charge in [-0.05, 0) is 31.0 Å². The molecule has 3 aromatic rings. The number of nitro groups is 1.